The Labute approximate surface area is 369 Å². The molecule has 2 saturated heterocycles. The highest BCUT2D eigenvalue weighted by molar-refractivity contribution is 6.31. The monoisotopic (exact) mass is 911 g/mol. The van der Waals surface area contributed by atoms with Crippen LogP contribution in [0.1, 0.15) is 91.9 Å². The normalized spacial score (nSPS) is 29.1. The molecule has 0 spiro atoms. The Bertz CT molecular complexity index is 2460. The number of nitrogens with one attached hydrogen (secondary N) is 3. The van der Waals surface area contributed by atoms with Crippen LogP contribution in [-0.2, 0) is 28.5 Å². The summed E-state index contributed by atoms with van der Waals surface area (Å²) in [6.45, 7) is 5.00. The van der Waals surface area contributed by atoms with Crippen molar-refractivity contribution in [3.63, 3.8) is 0 Å². The van der Waals surface area contributed by atoms with E-state index < -0.39 is 166 Å². The van der Waals surface area contributed by atoms with Crippen LogP contribution in [0.15, 0.2) is 24.3 Å². The van der Waals surface area contributed by atoms with Gasteiger partial charge in [0, 0.05) is 28.3 Å². The summed E-state index contributed by atoms with van der Waals surface area (Å²) in [4.78, 5) is 66.4. The number of carbonyl (C=O) groups is 5. The first-order valence-electron chi connectivity index (χ1n) is 20.4. The van der Waals surface area contributed by atoms with Gasteiger partial charge in [0.25, 0.3) is 5.91 Å². The molecule has 4 aliphatic rings. The van der Waals surface area contributed by atoms with Crippen molar-refractivity contribution < 1.29 is 93.6 Å². The SMILES string of the molecule is CNC1C(C)OC(O[C@H]2c3cc(C)c(C(=O)N[C@H](C)C(=O)N[C@@H](C)C(=O)O)c(O)c3-c3c(cc4c(c3O)C(=O)c3cc(OC)cc(O)c3C4=O)[C@@H]2O)C(O)C1OC1OCC(O)C(O)C1O. The van der Waals surface area contributed by atoms with Crippen molar-refractivity contribution in [2.24, 2.45) is 0 Å². The van der Waals surface area contributed by atoms with Crippen LogP contribution >= 0.6 is 0 Å². The predicted molar refractivity (Wildman–Crippen MR) is 218 cm³/mol. The minimum Gasteiger partial charge on any atom is -0.507 e. The Kier molecular flexibility index (Phi) is 13.0. The lowest BCUT2D eigenvalue weighted by Crippen LogP contribution is -2.65. The van der Waals surface area contributed by atoms with E-state index in [1.54, 1.807) is 6.92 Å². The fraction of sp³-hybridized carbons (Fsp3) is 0.465. The maximum atomic E-state index is 14.2. The van der Waals surface area contributed by atoms with E-state index in [9.17, 15) is 69.9 Å². The highest BCUT2D eigenvalue weighted by atomic mass is 16.7. The van der Waals surface area contributed by atoms with Gasteiger partial charge in [0.2, 0.25) is 5.91 Å². The number of aliphatic hydroxyl groups excluding tert-OH is 5. The maximum absolute atomic E-state index is 14.2. The standard InChI is InChI=1S/C43H49N3O19/c1-12-7-20-26(33(53)23(12)40(58)45-13(2)39(57)46-14(3)41(59)60)25-18(10-19-27(34(25)54)30(50)17-8-16(61-6)9-21(47)24(17)29(19)49)31(51)37(20)64-43-36(56)38(28(44-5)15(4)63-43)65-42-35(55)32(52)22(48)11-62-42/h7-10,13-15,22,28,31-32,35-38,42-44,47-48,51-56H,11H2,1-6H3,(H,45,58)(H,46,57)(H,59,60)/t13-,14+,15?,22?,28?,31+,32?,35?,36?,37+,38?,42?,43?/m1/s1. The summed E-state index contributed by atoms with van der Waals surface area (Å²) in [5, 5.41) is 107. The number of carboxylic acid groups (broad SMARTS) is 1. The molecule has 0 saturated carbocycles. The molecular weight excluding hydrogens is 862 g/mol. The van der Waals surface area contributed by atoms with E-state index in [1.807, 2.05) is 0 Å². The minimum atomic E-state index is -1.92. The number of amides is 2. The first-order valence-corrected chi connectivity index (χ1v) is 20.4. The molecule has 3 aromatic rings. The Balaban J connectivity index is 1.35. The number of benzene rings is 3. The van der Waals surface area contributed by atoms with E-state index in [2.05, 4.69) is 16.0 Å². The summed E-state index contributed by atoms with van der Waals surface area (Å²) in [5.74, 6) is -7.59. The van der Waals surface area contributed by atoms with Gasteiger partial charge in [0.15, 0.2) is 24.1 Å². The molecule has 0 radical (unpaired) electrons. The maximum Gasteiger partial charge on any atom is 0.325 e. The van der Waals surface area contributed by atoms with E-state index in [4.69, 9.17) is 23.7 Å². The summed E-state index contributed by atoms with van der Waals surface area (Å²) in [7, 11) is 2.79. The van der Waals surface area contributed by atoms with Gasteiger partial charge in [-0.3, -0.25) is 24.0 Å². The van der Waals surface area contributed by atoms with Crippen molar-refractivity contribution in [2.45, 2.75) is 107 Å². The third kappa shape index (κ3) is 8.04. The van der Waals surface area contributed by atoms with Crippen LogP contribution in [0.5, 0.6) is 23.0 Å². The van der Waals surface area contributed by atoms with E-state index in [0.29, 0.717) is 0 Å². The molecule has 2 aliphatic carbocycles. The molecule has 7 rings (SSSR count). The van der Waals surface area contributed by atoms with Crippen molar-refractivity contribution in [3.05, 3.63) is 68.8 Å². The number of hydrogen-bond acceptors (Lipinski definition) is 19. The number of aliphatic hydroxyl groups is 5. The third-order valence-corrected chi connectivity index (χ3v) is 12.2. The van der Waals surface area contributed by atoms with E-state index >= 15 is 0 Å². The lowest BCUT2D eigenvalue weighted by atomic mass is 9.74. The highest BCUT2D eigenvalue weighted by Crippen LogP contribution is 2.57. The number of fused-ring (bicyclic) bond motifs is 5. The van der Waals surface area contributed by atoms with Gasteiger partial charge in [-0.1, -0.05) is 6.07 Å². The minimum absolute atomic E-state index is 0.00195. The zero-order valence-electron chi connectivity index (χ0n) is 35.6. The summed E-state index contributed by atoms with van der Waals surface area (Å²) >= 11 is 0. The highest BCUT2D eigenvalue weighted by Gasteiger charge is 2.51. The zero-order chi connectivity index (χ0) is 47.7. The molecule has 0 aromatic heterocycles. The third-order valence-electron chi connectivity index (χ3n) is 12.2. The second-order valence-electron chi connectivity index (χ2n) is 16.4. The van der Waals surface area contributed by atoms with Crippen LogP contribution in [0, 0.1) is 6.92 Å². The van der Waals surface area contributed by atoms with Crippen LogP contribution in [-0.4, -0.2) is 163 Å². The lowest BCUT2D eigenvalue weighted by Gasteiger charge is -2.47. The molecule has 65 heavy (non-hydrogen) atoms. The topological polar surface area (TPSA) is 350 Å². The second kappa shape index (κ2) is 17.9. The number of ketones is 2. The molecule has 22 heteroatoms. The molecular formula is C43H49N3O19. The number of phenolic OH excluding ortho intramolecular Hbond substituents is 3. The number of hydrogen-bond donors (Lipinski definition) is 12. The van der Waals surface area contributed by atoms with Crippen LogP contribution in [0.3, 0.4) is 0 Å². The number of aromatic hydroxyl groups is 3. The van der Waals surface area contributed by atoms with Gasteiger partial charge in [0.05, 0.1) is 42.6 Å². The van der Waals surface area contributed by atoms with Crippen molar-refractivity contribution in [1.82, 2.24) is 16.0 Å². The Morgan fingerprint density at radius 1 is 0.785 bits per heavy atom. The average Bonchev–Trinajstić information content (AvgIpc) is 3.25. The molecule has 350 valence electrons. The van der Waals surface area contributed by atoms with Crippen molar-refractivity contribution >= 4 is 29.4 Å². The van der Waals surface area contributed by atoms with Gasteiger partial charge >= 0.3 is 5.97 Å². The number of carboxylic acids is 1. The number of carbonyl (C=O) groups excluding carboxylic acids is 4. The molecule has 2 aliphatic heterocycles. The lowest BCUT2D eigenvalue weighted by molar-refractivity contribution is -0.339. The van der Waals surface area contributed by atoms with Crippen LogP contribution < -0.4 is 20.7 Å². The Morgan fingerprint density at radius 3 is 2.08 bits per heavy atom. The van der Waals surface area contributed by atoms with E-state index in [-0.39, 0.29) is 28.0 Å². The first-order chi connectivity index (χ1) is 30.6. The Hall–Kier alpha value is -5.79. The summed E-state index contributed by atoms with van der Waals surface area (Å²) < 4.78 is 29.0. The van der Waals surface area contributed by atoms with Gasteiger partial charge in [-0.25, -0.2) is 0 Å². The van der Waals surface area contributed by atoms with Gasteiger partial charge in [0.1, 0.15) is 77.8 Å². The molecule has 22 nitrogen and oxygen atoms in total. The second-order valence-corrected chi connectivity index (χ2v) is 16.4. The van der Waals surface area contributed by atoms with Gasteiger partial charge in [-0.2, -0.15) is 0 Å². The van der Waals surface area contributed by atoms with Crippen LogP contribution in [0.25, 0.3) is 11.1 Å². The molecule has 13 atom stereocenters. The average molecular weight is 912 g/mol. The number of likely N-dealkylation sites (N-methyl/N-ethyl adjacent to an activating group) is 1. The predicted octanol–water partition coefficient (Wildman–Crippen LogP) is -1.11. The van der Waals surface area contributed by atoms with Gasteiger partial charge in [-0.05, 0) is 63.6 Å². The Morgan fingerprint density at radius 2 is 1.43 bits per heavy atom. The molecule has 2 fully saturated rings. The van der Waals surface area contributed by atoms with E-state index in [0.717, 1.165) is 12.1 Å². The fourth-order valence-electron chi connectivity index (χ4n) is 8.70. The number of aryl methyl sites for hydroxylation is 1. The van der Waals surface area contributed by atoms with Crippen molar-refractivity contribution in [3.8, 4) is 34.1 Å². The molecule has 9 unspecified atom stereocenters. The van der Waals surface area contributed by atoms with Gasteiger partial charge in [-0.15, -0.1) is 0 Å². The number of phenols is 3. The van der Waals surface area contributed by atoms with Crippen molar-refractivity contribution in [1.29, 1.82) is 0 Å². The largest absolute Gasteiger partial charge is 0.507 e. The number of ether oxygens (including phenoxy) is 5. The number of rotatable bonds is 11. The summed E-state index contributed by atoms with van der Waals surface area (Å²) in [6.07, 6.45) is -15.7. The molecule has 2 amide bonds. The fourth-order valence-corrected chi connectivity index (χ4v) is 8.70. The van der Waals surface area contributed by atoms with Crippen LogP contribution in [0.4, 0.5) is 0 Å². The molecule has 0 bridgehead atoms. The number of aliphatic carboxylic acids is 1. The zero-order valence-corrected chi connectivity index (χ0v) is 35.6. The van der Waals surface area contributed by atoms with Gasteiger partial charge < -0.3 is 85.6 Å². The first kappa shape index (κ1) is 47.2. The molecule has 3 aromatic carbocycles. The van der Waals surface area contributed by atoms with Crippen molar-refractivity contribution in [2.75, 3.05) is 20.8 Å². The summed E-state index contributed by atoms with van der Waals surface area (Å²) in [5.41, 5.74) is -3.56. The number of methoxy groups -OCH3 is 1. The van der Waals surface area contributed by atoms with Crippen LogP contribution in [0.2, 0.25) is 0 Å². The molecule has 2 heterocycles. The summed E-state index contributed by atoms with van der Waals surface area (Å²) in [6, 6.07) is 1.12. The smallest absolute Gasteiger partial charge is 0.325 e. The molecule has 12 N–H and O–H groups in total. The quantitative estimate of drug-likeness (QED) is 0.0849. The van der Waals surface area contributed by atoms with E-state index in [1.165, 1.54) is 47.1 Å².